The number of halogens is 1. The van der Waals surface area contributed by atoms with E-state index in [2.05, 4.69) is 9.80 Å². The van der Waals surface area contributed by atoms with Gasteiger partial charge in [0.2, 0.25) is 5.91 Å². The fraction of sp³-hybridized carbons (Fsp3) is 0.611. The number of amides is 1. The van der Waals surface area contributed by atoms with Gasteiger partial charge >= 0.3 is 0 Å². The van der Waals surface area contributed by atoms with E-state index in [4.69, 9.17) is 4.74 Å². The van der Waals surface area contributed by atoms with Crippen LogP contribution in [0.2, 0.25) is 0 Å². The Kier molecular flexibility index (Phi) is 7.15. The molecule has 0 spiro atoms. The molecule has 5 nitrogen and oxygen atoms in total. The Morgan fingerprint density at radius 3 is 2.38 bits per heavy atom. The Morgan fingerprint density at radius 1 is 1.21 bits per heavy atom. The molecule has 1 aliphatic heterocycles. The van der Waals surface area contributed by atoms with Gasteiger partial charge in [-0.2, -0.15) is 0 Å². The predicted octanol–water partition coefficient (Wildman–Crippen LogP) is 1.61. The molecule has 1 fully saturated rings. The van der Waals surface area contributed by atoms with Gasteiger partial charge in [0.15, 0.2) is 0 Å². The molecule has 0 radical (unpaired) electrons. The normalized spacial score (nSPS) is 17.7. The highest BCUT2D eigenvalue weighted by Crippen LogP contribution is 2.19. The van der Waals surface area contributed by atoms with Crippen LogP contribution in [0.5, 0.6) is 0 Å². The standard InChI is InChI=1S/C18H28FN3O2/c1-15(16-4-6-17(19)7-5-16)20(2)18(23)14-22-10-8-21(9-11-22)12-13-24-3/h4-7,15H,8-14H2,1-3H3/t15-/m1/s1. The van der Waals surface area contributed by atoms with Crippen molar-refractivity contribution in [3.63, 3.8) is 0 Å². The van der Waals surface area contributed by atoms with Gasteiger partial charge in [-0.25, -0.2) is 4.39 Å². The third-order valence-corrected chi connectivity index (χ3v) is 4.76. The first kappa shape index (κ1) is 18.8. The van der Waals surface area contributed by atoms with Crippen molar-refractivity contribution in [2.24, 2.45) is 0 Å². The fourth-order valence-electron chi connectivity index (χ4n) is 2.88. The van der Waals surface area contributed by atoms with E-state index in [0.29, 0.717) is 6.54 Å². The molecule has 1 aromatic carbocycles. The zero-order chi connectivity index (χ0) is 17.5. The number of methoxy groups -OCH3 is 1. The first-order valence-corrected chi connectivity index (χ1v) is 8.46. The second-order valence-corrected chi connectivity index (χ2v) is 6.34. The molecule has 1 saturated heterocycles. The van der Waals surface area contributed by atoms with E-state index in [1.165, 1.54) is 12.1 Å². The molecular formula is C18H28FN3O2. The van der Waals surface area contributed by atoms with Crippen molar-refractivity contribution in [2.45, 2.75) is 13.0 Å². The van der Waals surface area contributed by atoms with E-state index in [9.17, 15) is 9.18 Å². The van der Waals surface area contributed by atoms with E-state index in [-0.39, 0.29) is 17.8 Å². The summed E-state index contributed by atoms with van der Waals surface area (Å²) in [5, 5.41) is 0. The Balaban J connectivity index is 1.80. The number of ether oxygens (including phenoxy) is 1. The lowest BCUT2D eigenvalue weighted by Gasteiger charge is -2.35. The van der Waals surface area contributed by atoms with Crippen molar-refractivity contribution in [1.29, 1.82) is 0 Å². The summed E-state index contributed by atoms with van der Waals surface area (Å²) in [5.41, 5.74) is 0.941. The number of benzene rings is 1. The van der Waals surface area contributed by atoms with Crippen LogP contribution >= 0.6 is 0 Å². The van der Waals surface area contributed by atoms with Gasteiger partial charge in [0.25, 0.3) is 0 Å². The summed E-state index contributed by atoms with van der Waals surface area (Å²) < 4.78 is 18.1. The summed E-state index contributed by atoms with van der Waals surface area (Å²) in [4.78, 5) is 18.8. The zero-order valence-electron chi connectivity index (χ0n) is 14.9. The first-order chi connectivity index (χ1) is 11.5. The van der Waals surface area contributed by atoms with E-state index in [1.54, 1.807) is 24.1 Å². The van der Waals surface area contributed by atoms with Gasteiger partial charge in [-0.3, -0.25) is 14.6 Å². The van der Waals surface area contributed by atoms with Gasteiger partial charge < -0.3 is 9.64 Å². The van der Waals surface area contributed by atoms with E-state index >= 15 is 0 Å². The molecule has 1 heterocycles. The van der Waals surface area contributed by atoms with Gasteiger partial charge in [-0.05, 0) is 24.6 Å². The number of hydrogen-bond acceptors (Lipinski definition) is 4. The van der Waals surface area contributed by atoms with Crippen LogP contribution in [0.3, 0.4) is 0 Å². The van der Waals surface area contributed by atoms with Crippen molar-refractivity contribution in [3.8, 4) is 0 Å². The lowest BCUT2D eigenvalue weighted by molar-refractivity contribution is -0.133. The van der Waals surface area contributed by atoms with Crippen LogP contribution in [0.1, 0.15) is 18.5 Å². The number of hydrogen-bond donors (Lipinski definition) is 0. The van der Waals surface area contributed by atoms with E-state index in [1.807, 2.05) is 14.0 Å². The second-order valence-electron chi connectivity index (χ2n) is 6.34. The molecule has 1 atom stereocenters. The van der Waals surface area contributed by atoms with Crippen molar-refractivity contribution in [1.82, 2.24) is 14.7 Å². The minimum atomic E-state index is -0.258. The van der Waals surface area contributed by atoms with Crippen LogP contribution < -0.4 is 0 Å². The number of carbonyl (C=O) groups excluding carboxylic acids is 1. The molecule has 0 N–H and O–H groups in total. The van der Waals surface area contributed by atoms with E-state index < -0.39 is 0 Å². The SMILES string of the molecule is COCCN1CCN(CC(=O)N(C)[C@H](C)c2ccc(F)cc2)CC1. The molecule has 1 amide bonds. The minimum Gasteiger partial charge on any atom is -0.383 e. The quantitative estimate of drug-likeness (QED) is 0.757. The molecule has 134 valence electrons. The monoisotopic (exact) mass is 337 g/mol. The molecule has 0 aliphatic carbocycles. The van der Waals surface area contributed by atoms with Gasteiger partial charge in [0.05, 0.1) is 19.2 Å². The topological polar surface area (TPSA) is 36.0 Å². The number of piperazine rings is 1. The smallest absolute Gasteiger partial charge is 0.236 e. The Labute approximate surface area is 144 Å². The lowest BCUT2D eigenvalue weighted by Crippen LogP contribution is -2.50. The van der Waals surface area contributed by atoms with Crippen molar-refractivity contribution in [2.75, 3.05) is 60.0 Å². The third-order valence-electron chi connectivity index (χ3n) is 4.76. The van der Waals surface area contributed by atoms with Crippen LogP contribution in [0.4, 0.5) is 4.39 Å². The van der Waals surface area contributed by atoms with E-state index in [0.717, 1.165) is 44.9 Å². The number of carbonyl (C=O) groups is 1. The van der Waals surface area contributed by atoms with Gasteiger partial charge in [0, 0.05) is 46.9 Å². The highest BCUT2D eigenvalue weighted by molar-refractivity contribution is 5.78. The summed E-state index contributed by atoms with van der Waals surface area (Å²) >= 11 is 0. The predicted molar refractivity (Wildman–Crippen MR) is 92.3 cm³/mol. The summed E-state index contributed by atoms with van der Waals surface area (Å²) in [6, 6.07) is 6.27. The Hall–Kier alpha value is -1.50. The van der Waals surface area contributed by atoms with Crippen molar-refractivity contribution >= 4 is 5.91 Å². The third kappa shape index (κ3) is 5.26. The molecule has 2 rings (SSSR count). The maximum Gasteiger partial charge on any atom is 0.236 e. The van der Waals surface area contributed by atoms with Gasteiger partial charge in [-0.1, -0.05) is 12.1 Å². The molecule has 0 bridgehead atoms. The molecule has 0 unspecified atom stereocenters. The summed E-state index contributed by atoms with van der Waals surface area (Å²) in [6.45, 7) is 7.81. The molecule has 6 heteroatoms. The first-order valence-electron chi connectivity index (χ1n) is 8.46. The maximum absolute atomic E-state index is 13.0. The summed E-state index contributed by atoms with van der Waals surface area (Å²) in [5.74, 6) is -0.163. The van der Waals surface area contributed by atoms with Gasteiger partial charge in [-0.15, -0.1) is 0 Å². The zero-order valence-corrected chi connectivity index (χ0v) is 14.9. The highest BCUT2D eigenvalue weighted by atomic mass is 19.1. The number of rotatable bonds is 7. The summed E-state index contributed by atoms with van der Waals surface area (Å²) in [7, 11) is 3.53. The second kappa shape index (κ2) is 9.11. The number of nitrogens with zero attached hydrogens (tertiary/aromatic N) is 3. The Bertz CT molecular complexity index is 516. The molecule has 0 aromatic heterocycles. The van der Waals surface area contributed by atoms with Crippen LogP contribution in [0.25, 0.3) is 0 Å². The number of likely N-dealkylation sites (N-methyl/N-ethyl adjacent to an activating group) is 1. The average molecular weight is 337 g/mol. The minimum absolute atomic E-state index is 0.0684. The molecule has 0 saturated carbocycles. The largest absolute Gasteiger partial charge is 0.383 e. The van der Waals surface area contributed by atoms with Gasteiger partial charge in [0.1, 0.15) is 5.82 Å². The van der Waals surface area contributed by atoms with Crippen LogP contribution in [-0.4, -0.2) is 80.6 Å². The highest BCUT2D eigenvalue weighted by Gasteiger charge is 2.22. The molecule has 1 aromatic rings. The molecule has 1 aliphatic rings. The summed E-state index contributed by atoms with van der Waals surface area (Å²) in [6.07, 6.45) is 0. The average Bonchev–Trinajstić information content (AvgIpc) is 2.60. The molecule has 24 heavy (non-hydrogen) atoms. The fourth-order valence-corrected chi connectivity index (χ4v) is 2.88. The van der Waals surface area contributed by atoms with Crippen LogP contribution in [0, 0.1) is 5.82 Å². The lowest BCUT2D eigenvalue weighted by atomic mass is 10.1. The van der Waals surface area contributed by atoms with Crippen LogP contribution in [0.15, 0.2) is 24.3 Å². The molecular weight excluding hydrogens is 309 g/mol. The van der Waals surface area contributed by atoms with Crippen LogP contribution in [-0.2, 0) is 9.53 Å². The maximum atomic E-state index is 13.0. The Morgan fingerprint density at radius 2 is 1.79 bits per heavy atom. The van der Waals surface area contributed by atoms with Crippen molar-refractivity contribution in [3.05, 3.63) is 35.6 Å². The van der Waals surface area contributed by atoms with Crippen molar-refractivity contribution < 1.29 is 13.9 Å².